The second-order valence-electron chi connectivity index (χ2n) is 6.23. The Kier molecular flexibility index (Phi) is 6.01. The fourth-order valence-electron chi connectivity index (χ4n) is 3.12. The van der Waals surface area contributed by atoms with Crippen molar-refractivity contribution in [3.05, 3.63) is 35.4 Å². The van der Waals surface area contributed by atoms with Crippen molar-refractivity contribution in [2.75, 3.05) is 18.9 Å². The van der Waals surface area contributed by atoms with E-state index in [-0.39, 0.29) is 24.3 Å². The average Bonchev–Trinajstić information content (AvgIpc) is 2.91. The molecule has 0 fully saturated rings. The van der Waals surface area contributed by atoms with E-state index in [1.54, 1.807) is 4.31 Å². The molecule has 2 unspecified atom stereocenters. The summed E-state index contributed by atoms with van der Waals surface area (Å²) in [5, 5.41) is 9.13. The van der Waals surface area contributed by atoms with Gasteiger partial charge < -0.3 is 5.11 Å². The van der Waals surface area contributed by atoms with Crippen molar-refractivity contribution in [3.63, 3.8) is 0 Å². The predicted octanol–water partition coefficient (Wildman–Crippen LogP) is 2.73. The molecule has 1 aliphatic rings. The molecule has 0 heterocycles. The summed E-state index contributed by atoms with van der Waals surface area (Å²) in [7, 11) is -3.31. The zero-order valence-corrected chi connectivity index (χ0v) is 14.3. The maximum atomic E-state index is 12.8. The van der Waals surface area contributed by atoms with Crippen LogP contribution in [0.4, 0.5) is 0 Å². The number of fused-ring (bicyclic) bond motifs is 1. The number of aliphatic hydroxyl groups excluding tert-OH is 1. The van der Waals surface area contributed by atoms with Crippen LogP contribution in [0.1, 0.15) is 50.3 Å². The Bertz CT molecular complexity index is 585. The van der Waals surface area contributed by atoms with Gasteiger partial charge in [0.2, 0.25) is 10.0 Å². The van der Waals surface area contributed by atoms with Gasteiger partial charge in [0.05, 0.1) is 11.8 Å². The smallest absolute Gasteiger partial charge is 0.214 e. The van der Waals surface area contributed by atoms with Crippen LogP contribution in [-0.2, 0) is 16.4 Å². The van der Waals surface area contributed by atoms with Gasteiger partial charge in [-0.3, -0.25) is 0 Å². The van der Waals surface area contributed by atoms with Gasteiger partial charge >= 0.3 is 0 Å². The van der Waals surface area contributed by atoms with Gasteiger partial charge in [0.1, 0.15) is 0 Å². The molecule has 124 valence electrons. The molecule has 0 aromatic heterocycles. The first-order chi connectivity index (χ1) is 10.5. The Morgan fingerprint density at radius 1 is 1.36 bits per heavy atom. The number of hydrogen-bond donors (Lipinski definition) is 1. The van der Waals surface area contributed by atoms with Crippen LogP contribution in [0.15, 0.2) is 24.3 Å². The van der Waals surface area contributed by atoms with E-state index in [0.29, 0.717) is 13.0 Å². The first kappa shape index (κ1) is 17.4. The highest BCUT2D eigenvalue weighted by atomic mass is 32.2. The van der Waals surface area contributed by atoms with E-state index in [4.69, 9.17) is 5.11 Å². The lowest BCUT2D eigenvalue weighted by Gasteiger charge is -2.29. The summed E-state index contributed by atoms with van der Waals surface area (Å²) in [6.45, 7) is 4.41. The van der Waals surface area contributed by atoms with Crippen LogP contribution in [0, 0.1) is 5.92 Å². The van der Waals surface area contributed by atoms with Crippen LogP contribution in [-0.4, -0.2) is 36.7 Å². The van der Waals surface area contributed by atoms with E-state index in [0.717, 1.165) is 24.8 Å². The largest absolute Gasteiger partial charge is 0.396 e. The Hall–Kier alpha value is -0.910. The number of rotatable bonds is 8. The minimum atomic E-state index is -3.31. The Balaban J connectivity index is 2.27. The van der Waals surface area contributed by atoms with E-state index < -0.39 is 10.0 Å². The minimum Gasteiger partial charge on any atom is -0.396 e. The molecule has 0 amide bonds. The summed E-state index contributed by atoms with van der Waals surface area (Å²) < 4.78 is 27.3. The van der Waals surface area contributed by atoms with E-state index in [9.17, 15) is 8.42 Å². The molecule has 1 aliphatic carbocycles. The summed E-state index contributed by atoms with van der Waals surface area (Å²) in [4.78, 5) is 0. The zero-order valence-electron chi connectivity index (χ0n) is 13.5. The highest BCUT2D eigenvalue weighted by molar-refractivity contribution is 7.89. The Labute approximate surface area is 134 Å². The van der Waals surface area contributed by atoms with E-state index >= 15 is 0 Å². The second-order valence-corrected chi connectivity index (χ2v) is 8.20. The molecule has 0 spiro atoms. The van der Waals surface area contributed by atoms with Crippen molar-refractivity contribution in [3.8, 4) is 0 Å². The van der Waals surface area contributed by atoms with Crippen molar-refractivity contribution in [1.29, 1.82) is 0 Å². The van der Waals surface area contributed by atoms with Crippen molar-refractivity contribution in [2.45, 2.75) is 45.6 Å². The minimum absolute atomic E-state index is 0.0176. The lowest BCUT2D eigenvalue weighted by atomic mass is 10.1. The summed E-state index contributed by atoms with van der Waals surface area (Å²) in [6.07, 6.45) is 3.10. The molecule has 0 bridgehead atoms. The predicted molar refractivity (Wildman–Crippen MR) is 89.2 cm³/mol. The lowest BCUT2D eigenvalue weighted by Crippen LogP contribution is -2.38. The van der Waals surface area contributed by atoms with Gasteiger partial charge in [-0.05, 0) is 36.3 Å². The molecule has 2 rings (SSSR count). The molecule has 1 N–H and O–H groups in total. The quantitative estimate of drug-likeness (QED) is 0.799. The van der Waals surface area contributed by atoms with Gasteiger partial charge in [0, 0.05) is 13.2 Å². The summed E-state index contributed by atoms with van der Waals surface area (Å²) in [5.74, 6) is 0.339. The third-order valence-corrected chi connectivity index (χ3v) is 6.68. The monoisotopic (exact) mass is 325 g/mol. The Morgan fingerprint density at radius 3 is 2.77 bits per heavy atom. The van der Waals surface area contributed by atoms with Crippen LogP contribution in [0.25, 0.3) is 0 Å². The number of sulfonamides is 1. The topological polar surface area (TPSA) is 57.6 Å². The SMILES string of the molecule is CCC(C)CS(=O)(=O)N(CCCO)C1CCc2ccccc21. The number of aryl methyl sites for hydroxylation is 1. The Morgan fingerprint density at radius 2 is 2.09 bits per heavy atom. The standard InChI is InChI=1S/C17H27NO3S/c1-3-14(2)13-22(20,21)18(11-6-12-19)17-10-9-15-7-4-5-8-16(15)17/h4-5,7-8,14,17,19H,3,6,9-13H2,1-2H3. The first-order valence-corrected chi connectivity index (χ1v) is 9.78. The maximum Gasteiger partial charge on any atom is 0.214 e. The fourth-order valence-corrected chi connectivity index (χ4v) is 5.28. The molecule has 5 heteroatoms. The highest BCUT2D eigenvalue weighted by Gasteiger charge is 2.35. The summed E-state index contributed by atoms with van der Waals surface area (Å²) in [6, 6.07) is 8.03. The molecular formula is C17H27NO3S. The van der Waals surface area contributed by atoms with Gasteiger partial charge in [-0.15, -0.1) is 0 Å². The lowest BCUT2D eigenvalue weighted by molar-refractivity contribution is 0.249. The molecule has 4 nitrogen and oxygen atoms in total. The molecule has 1 aromatic rings. The van der Waals surface area contributed by atoms with Crippen LogP contribution < -0.4 is 0 Å². The van der Waals surface area contributed by atoms with Crippen molar-refractivity contribution in [1.82, 2.24) is 4.31 Å². The van der Waals surface area contributed by atoms with Crippen molar-refractivity contribution < 1.29 is 13.5 Å². The van der Waals surface area contributed by atoms with E-state index in [2.05, 4.69) is 6.07 Å². The van der Waals surface area contributed by atoms with Gasteiger partial charge in [0.25, 0.3) is 0 Å². The van der Waals surface area contributed by atoms with Crippen LogP contribution in [0.3, 0.4) is 0 Å². The molecule has 22 heavy (non-hydrogen) atoms. The molecule has 0 saturated heterocycles. The number of aliphatic hydroxyl groups is 1. The van der Waals surface area contributed by atoms with Gasteiger partial charge in [-0.2, -0.15) is 4.31 Å². The zero-order chi connectivity index (χ0) is 16.2. The van der Waals surface area contributed by atoms with Crippen LogP contribution in [0.2, 0.25) is 0 Å². The number of benzene rings is 1. The normalized spacial score (nSPS) is 19.4. The first-order valence-electron chi connectivity index (χ1n) is 8.17. The van der Waals surface area contributed by atoms with E-state index in [1.165, 1.54) is 5.56 Å². The molecule has 1 aromatic carbocycles. The fraction of sp³-hybridized carbons (Fsp3) is 0.647. The van der Waals surface area contributed by atoms with Gasteiger partial charge in [-0.1, -0.05) is 44.5 Å². The molecule has 0 saturated carbocycles. The molecule has 0 aliphatic heterocycles. The van der Waals surface area contributed by atoms with Crippen molar-refractivity contribution >= 4 is 10.0 Å². The molecule has 0 radical (unpaired) electrons. The van der Waals surface area contributed by atoms with E-state index in [1.807, 2.05) is 32.0 Å². The van der Waals surface area contributed by atoms with Crippen LogP contribution >= 0.6 is 0 Å². The average molecular weight is 325 g/mol. The third-order valence-electron chi connectivity index (χ3n) is 4.53. The summed E-state index contributed by atoms with van der Waals surface area (Å²) >= 11 is 0. The highest BCUT2D eigenvalue weighted by Crippen LogP contribution is 2.37. The van der Waals surface area contributed by atoms with Gasteiger partial charge in [-0.25, -0.2) is 8.42 Å². The van der Waals surface area contributed by atoms with Gasteiger partial charge in [0.15, 0.2) is 0 Å². The third kappa shape index (κ3) is 3.89. The second kappa shape index (κ2) is 7.57. The molecular weight excluding hydrogens is 298 g/mol. The molecule has 2 atom stereocenters. The number of nitrogens with zero attached hydrogens (tertiary/aromatic N) is 1. The van der Waals surface area contributed by atoms with Crippen molar-refractivity contribution in [2.24, 2.45) is 5.92 Å². The summed E-state index contributed by atoms with van der Waals surface area (Å²) in [5.41, 5.74) is 2.38. The van der Waals surface area contributed by atoms with Crippen LogP contribution in [0.5, 0.6) is 0 Å². The number of hydrogen-bond acceptors (Lipinski definition) is 3. The maximum absolute atomic E-state index is 12.8.